The van der Waals surface area contributed by atoms with Crippen molar-refractivity contribution in [3.05, 3.63) is 124 Å². The number of fused-ring (bicyclic) bond motifs is 1. The van der Waals surface area contributed by atoms with E-state index in [1.807, 2.05) is 65.5 Å². The largest absolute Gasteiger partial charge is 0.466 e. The van der Waals surface area contributed by atoms with Gasteiger partial charge in [-0.05, 0) is 35.7 Å². The third-order valence-corrected chi connectivity index (χ3v) is 8.92. The van der Waals surface area contributed by atoms with E-state index in [-0.39, 0.29) is 18.2 Å². The Morgan fingerprint density at radius 1 is 0.868 bits per heavy atom. The van der Waals surface area contributed by atoms with Crippen molar-refractivity contribution in [1.82, 2.24) is 0 Å². The van der Waals surface area contributed by atoms with E-state index in [1.165, 1.54) is 33.2 Å². The van der Waals surface area contributed by atoms with E-state index in [0.29, 0.717) is 22.6 Å². The molecule has 0 aliphatic carbocycles. The van der Waals surface area contributed by atoms with Crippen LogP contribution in [0.2, 0.25) is 0 Å². The Morgan fingerprint density at radius 3 is 2.34 bits per heavy atom. The van der Waals surface area contributed by atoms with E-state index in [1.54, 1.807) is 18.7 Å². The molecule has 38 heavy (non-hydrogen) atoms. The molecule has 0 bridgehead atoms. The molecule has 0 saturated heterocycles. The van der Waals surface area contributed by atoms with Crippen molar-refractivity contribution in [2.45, 2.75) is 30.2 Å². The first-order chi connectivity index (χ1) is 18.6. The van der Waals surface area contributed by atoms with Crippen LogP contribution < -0.4 is 4.57 Å². The van der Waals surface area contributed by atoms with Crippen LogP contribution in [0, 0.1) is 6.92 Å². The average molecular weight is 539 g/mol. The number of thiophene rings is 1. The van der Waals surface area contributed by atoms with Gasteiger partial charge in [0, 0.05) is 23.4 Å². The molecule has 4 nitrogen and oxygen atoms in total. The number of ketones is 1. The number of carbonyl (C=O) groups excluding carboxylic acids is 2. The lowest BCUT2D eigenvalue weighted by Gasteiger charge is -2.10. The molecule has 0 N–H and O–H groups in total. The van der Waals surface area contributed by atoms with Crippen molar-refractivity contribution in [3.63, 3.8) is 0 Å². The highest BCUT2D eigenvalue weighted by Crippen LogP contribution is 2.41. The fraction of sp³-hybridized carbons (Fsp3) is 0.156. The minimum Gasteiger partial charge on any atom is -0.466 e. The highest BCUT2D eigenvalue weighted by molar-refractivity contribution is 8.00. The fourth-order valence-corrected chi connectivity index (χ4v) is 7.24. The normalized spacial score (nSPS) is 11.0. The Morgan fingerprint density at radius 2 is 1.58 bits per heavy atom. The van der Waals surface area contributed by atoms with Gasteiger partial charge in [-0.2, -0.15) is 4.57 Å². The third kappa shape index (κ3) is 5.42. The summed E-state index contributed by atoms with van der Waals surface area (Å²) in [7, 11) is 0. The molecular weight excluding hydrogens is 510 g/mol. The van der Waals surface area contributed by atoms with Crippen molar-refractivity contribution in [2.75, 3.05) is 6.61 Å². The molecule has 0 amide bonds. The Bertz CT molecular complexity index is 1590. The standard InChI is InChI=1S/C32H28NO3S2/c1-3-36-28(34)20-26-29(33-18-10-5-11-19-33)32(38-31(26)30(35)24-13-6-4-7-14-24)37-21-27-22(2)16-17-23-12-8-9-15-25(23)27/h4-19H,3,20-21H2,1-2H3/q+1. The van der Waals surface area contributed by atoms with Gasteiger partial charge >= 0.3 is 5.97 Å². The molecule has 0 spiro atoms. The van der Waals surface area contributed by atoms with Crippen LogP contribution in [0.15, 0.2) is 102 Å². The zero-order valence-corrected chi connectivity index (χ0v) is 23.0. The first-order valence-electron chi connectivity index (χ1n) is 12.5. The topological polar surface area (TPSA) is 47.3 Å². The molecule has 3 aromatic carbocycles. The van der Waals surface area contributed by atoms with E-state index in [0.717, 1.165) is 15.6 Å². The lowest BCUT2D eigenvalue weighted by atomic mass is 10.0. The second kappa shape index (κ2) is 11.8. The smallest absolute Gasteiger partial charge is 0.310 e. The number of thioether (sulfide) groups is 1. The van der Waals surface area contributed by atoms with E-state index >= 15 is 0 Å². The number of nitrogens with zero attached hydrogens (tertiary/aromatic N) is 1. The number of pyridine rings is 1. The van der Waals surface area contributed by atoms with Gasteiger partial charge in [-0.25, -0.2) is 0 Å². The Kier molecular flexibility index (Phi) is 8.01. The lowest BCUT2D eigenvalue weighted by Crippen LogP contribution is -2.31. The number of esters is 1. The van der Waals surface area contributed by atoms with Crippen LogP contribution in [0.25, 0.3) is 16.5 Å². The van der Waals surface area contributed by atoms with Gasteiger partial charge in [-0.1, -0.05) is 72.8 Å². The summed E-state index contributed by atoms with van der Waals surface area (Å²) in [4.78, 5) is 27.1. The summed E-state index contributed by atoms with van der Waals surface area (Å²) in [5.41, 5.74) is 4.67. The number of hydrogen-bond acceptors (Lipinski definition) is 5. The van der Waals surface area contributed by atoms with Crippen LogP contribution in [0.5, 0.6) is 0 Å². The van der Waals surface area contributed by atoms with Crippen molar-refractivity contribution in [1.29, 1.82) is 0 Å². The van der Waals surface area contributed by atoms with E-state index < -0.39 is 0 Å². The SMILES string of the molecule is CCOC(=O)Cc1c(C(=O)c2ccccc2)sc(SCc2c(C)ccc3ccccc23)c1-[n+]1ccccc1. The highest BCUT2D eigenvalue weighted by atomic mass is 32.2. The highest BCUT2D eigenvalue weighted by Gasteiger charge is 2.31. The van der Waals surface area contributed by atoms with Gasteiger partial charge in [0.25, 0.3) is 0 Å². The quantitative estimate of drug-likeness (QED) is 0.0868. The number of hydrogen-bond donors (Lipinski definition) is 0. The Balaban J connectivity index is 1.64. The summed E-state index contributed by atoms with van der Waals surface area (Å²) in [6.07, 6.45) is 3.95. The third-order valence-electron chi connectivity index (χ3n) is 6.41. The van der Waals surface area contributed by atoms with Gasteiger partial charge in [0.2, 0.25) is 11.5 Å². The van der Waals surface area contributed by atoms with Gasteiger partial charge in [-0.3, -0.25) is 9.59 Å². The summed E-state index contributed by atoms with van der Waals surface area (Å²) in [5.74, 6) is 0.318. The second-order valence-corrected chi connectivity index (χ2v) is 11.1. The van der Waals surface area contributed by atoms with Crippen LogP contribution in [-0.4, -0.2) is 18.4 Å². The summed E-state index contributed by atoms with van der Waals surface area (Å²) in [6, 6.07) is 27.8. The number of benzene rings is 3. The second-order valence-electron chi connectivity index (χ2n) is 8.88. The maximum atomic E-state index is 13.7. The molecule has 0 aliphatic heterocycles. The minimum absolute atomic E-state index is 0.0311. The first kappa shape index (κ1) is 25.9. The fourth-order valence-electron chi connectivity index (χ4n) is 4.54. The van der Waals surface area contributed by atoms with Crippen molar-refractivity contribution in [3.8, 4) is 5.69 Å². The number of carbonyl (C=O) groups is 2. The molecule has 5 aromatic rings. The predicted molar refractivity (Wildman–Crippen MR) is 154 cm³/mol. The monoisotopic (exact) mass is 538 g/mol. The maximum absolute atomic E-state index is 13.7. The molecule has 0 radical (unpaired) electrons. The molecule has 5 rings (SSSR count). The molecular formula is C32H28NO3S2+. The van der Waals surface area contributed by atoms with E-state index in [2.05, 4.69) is 43.3 Å². The zero-order valence-electron chi connectivity index (χ0n) is 21.3. The first-order valence-corrected chi connectivity index (χ1v) is 14.3. The molecule has 0 saturated carbocycles. The molecule has 0 unspecified atom stereocenters. The minimum atomic E-state index is -0.341. The van der Waals surface area contributed by atoms with E-state index in [9.17, 15) is 9.59 Å². The van der Waals surface area contributed by atoms with Crippen molar-refractivity contribution in [2.24, 2.45) is 0 Å². The summed E-state index contributed by atoms with van der Waals surface area (Å²) >= 11 is 3.16. The van der Waals surface area contributed by atoms with Crippen LogP contribution >= 0.6 is 23.1 Å². The molecule has 2 heterocycles. The number of aryl methyl sites for hydroxylation is 1. The van der Waals surface area contributed by atoms with Gasteiger partial charge < -0.3 is 4.74 Å². The predicted octanol–water partition coefficient (Wildman–Crippen LogP) is 7.12. The average Bonchev–Trinajstić information content (AvgIpc) is 3.30. The molecule has 190 valence electrons. The summed E-state index contributed by atoms with van der Waals surface area (Å²) in [5, 5.41) is 2.44. The van der Waals surface area contributed by atoms with Crippen LogP contribution in [0.3, 0.4) is 0 Å². The van der Waals surface area contributed by atoms with Gasteiger partial charge in [0.05, 0.1) is 23.5 Å². The number of ether oxygens (including phenoxy) is 1. The number of rotatable bonds is 9. The zero-order chi connectivity index (χ0) is 26.5. The molecule has 2 aromatic heterocycles. The van der Waals surface area contributed by atoms with Crippen LogP contribution in [0.4, 0.5) is 0 Å². The van der Waals surface area contributed by atoms with Gasteiger partial charge in [0.15, 0.2) is 12.4 Å². The van der Waals surface area contributed by atoms with Gasteiger partial charge in [0.1, 0.15) is 4.21 Å². The van der Waals surface area contributed by atoms with Crippen LogP contribution in [0.1, 0.15) is 38.8 Å². The summed E-state index contributed by atoms with van der Waals surface area (Å²) < 4.78 is 8.32. The maximum Gasteiger partial charge on any atom is 0.310 e. The molecule has 0 aliphatic rings. The number of aromatic nitrogens is 1. The van der Waals surface area contributed by atoms with Crippen LogP contribution in [-0.2, 0) is 21.7 Å². The Labute approximate surface area is 230 Å². The molecule has 0 fully saturated rings. The van der Waals surface area contributed by atoms with Crippen molar-refractivity contribution < 1.29 is 18.9 Å². The van der Waals surface area contributed by atoms with E-state index in [4.69, 9.17) is 4.74 Å². The summed E-state index contributed by atoms with van der Waals surface area (Å²) in [6.45, 7) is 4.23. The molecule has 6 heteroatoms. The Hall–Kier alpha value is -3.74. The van der Waals surface area contributed by atoms with Gasteiger partial charge in [-0.15, -0.1) is 23.1 Å². The van der Waals surface area contributed by atoms with Crippen molar-refractivity contribution >= 4 is 45.6 Å². The lowest BCUT2D eigenvalue weighted by molar-refractivity contribution is -0.598. The molecule has 0 atom stereocenters.